The van der Waals surface area contributed by atoms with E-state index in [0.717, 1.165) is 12.3 Å². The van der Waals surface area contributed by atoms with Crippen LogP contribution in [0.15, 0.2) is 24.3 Å². The van der Waals surface area contributed by atoms with E-state index in [-0.39, 0.29) is 0 Å². The van der Waals surface area contributed by atoms with Crippen LogP contribution in [0.1, 0.15) is 25.8 Å². The predicted octanol–water partition coefficient (Wildman–Crippen LogP) is 3.08. The molecule has 0 aliphatic heterocycles. The molecule has 1 atom stereocenters. The molecule has 1 aromatic rings. The average Bonchev–Trinajstić information content (AvgIpc) is 2.06. The molecular formula is C11H15. The maximum atomic E-state index is 3.23. The van der Waals surface area contributed by atoms with Crippen LogP contribution >= 0.6 is 0 Å². The van der Waals surface area contributed by atoms with E-state index in [1.165, 1.54) is 12.0 Å². The van der Waals surface area contributed by atoms with Gasteiger partial charge in [0.1, 0.15) is 0 Å². The summed E-state index contributed by atoms with van der Waals surface area (Å²) >= 11 is 0. The Balaban J connectivity index is 2.51. The van der Waals surface area contributed by atoms with Crippen LogP contribution < -0.4 is 0 Å². The Morgan fingerprint density at radius 2 is 2.27 bits per heavy atom. The molecule has 0 amide bonds. The molecule has 0 heterocycles. The predicted molar refractivity (Wildman–Crippen MR) is 48.4 cm³/mol. The van der Waals surface area contributed by atoms with Crippen LogP contribution in [0.4, 0.5) is 0 Å². The third-order valence-corrected chi connectivity index (χ3v) is 2.04. The summed E-state index contributed by atoms with van der Waals surface area (Å²) in [7, 11) is 0. The summed E-state index contributed by atoms with van der Waals surface area (Å²) < 4.78 is 0. The van der Waals surface area contributed by atoms with Gasteiger partial charge in [-0.05, 0) is 24.0 Å². The van der Waals surface area contributed by atoms with Crippen LogP contribution in [0.5, 0.6) is 0 Å². The van der Waals surface area contributed by atoms with Gasteiger partial charge in [0.2, 0.25) is 0 Å². The van der Waals surface area contributed by atoms with Crippen molar-refractivity contribution >= 4 is 0 Å². The molecular weight excluding hydrogens is 132 g/mol. The van der Waals surface area contributed by atoms with Gasteiger partial charge in [-0.3, -0.25) is 0 Å². The molecule has 11 heavy (non-hydrogen) atoms. The average molecular weight is 147 g/mol. The lowest BCUT2D eigenvalue weighted by Gasteiger charge is -2.06. The molecule has 1 rings (SSSR count). The highest BCUT2D eigenvalue weighted by molar-refractivity contribution is 5.13. The number of benzene rings is 1. The van der Waals surface area contributed by atoms with Crippen LogP contribution in [0.25, 0.3) is 0 Å². The van der Waals surface area contributed by atoms with Gasteiger partial charge in [-0.1, -0.05) is 44.5 Å². The van der Waals surface area contributed by atoms with E-state index in [9.17, 15) is 0 Å². The Kier molecular flexibility index (Phi) is 3.15. The first-order chi connectivity index (χ1) is 5.33. The van der Waals surface area contributed by atoms with Gasteiger partial charge in [0.15, 0.2) is 0 Å². The zero-order valence-electron chi connectivity index (χ0n) is 7.30. The first-order valence-electron chi connectivity index (χ1n) is 4.28. The molecule has 0 heteroatoms. The quantitative estimate of drug-likeness (QED) is 0.616. The third kappa shape index (κ3) is 2.75. The van der Waals surface area contributed by atoms with Crippen molar-refractivity contribution < 1.29 is 0 Å². The first-order valence-corrected chi connectivity index (χ1v) is 4.28. The lowest BCUT2D eigenvalue weighted by atomic mass is 9.99. The summed E-state index contributed by atoms with van der Waals surface area (Å²) in [6.45, 7) is 4.51. The minimum Gasteiger partial charge on any atom is -0.0651 e. The topological polar surface area (TPSA) is 0 Å². The van der Waals surface area contributed by atoms with Gasteiger partial charge in [0.05, 0.1) is 0 Å². The maximum absolute atomic E-state index is 3.23. The standard InChI is InChI=1S/C11H15/c1-3-10(2)9-11-7-5-4-6-8-11/h4-7,10H,3,9H2,1-2H3. The Morgan fingerprint density at radius 1 is 1.45 bits per heavy atom. The second-order valence-corrected chi connectivity index (χ2v) is 3.11. The summed E-state index contributed by atoms with van der Waals surface area (Å²) in [5.74, 6) is 0.786. The number of hydrogen-bond acceptors (Lipinski definition) is 0. The summed E-state index contributed by atoms with van der Waals surface area (Å²) in [6.07, 6.45) is 2.42. The lowest BCUT2D eigenvalue weighted by Crippen LogP contribution is -1.96. The van der Waals surface area contributed by atoms with Crippen molar-refractivity contribution in [2.45, 2.75) is 26.7 Å². The molecule has 1 unspecified atom stereocenters. The van der Waals surface area contributed by atoms with Crippen molar-refractivity contribution in [3.63, 3.8) is 0 Å². The zero-order valence-corrected chi connectivity index (χ0v) is 7.30. The second kappa shape index (κ2) is 4.17. The van der Waals surface area contributed by atoms with E-state index in [1.54, 1.807) is 0 Å². The van der Waals surface area contributed by atoms with E-state index < -0.39 is 0 Å². The van der Waals surface area contributed by atoms with E-state index in [0.29, 0.717) is 0 Å². The summed E-state index contributed by atoms with van der Waals surface area (Å²) in [5.41, 5.74) is 1.34. The van der Waals surface area contributed by atoms with Crippen LogP contribution in [-0.4, -0.2) is 0 Å². The van der Waals surface area contributed by atoms with E-state index in [1.807, 2.05) is 12.1 Å². The second-order valence-electron chi connectivity index (χ2n) is 3.11. The van der Waals surface area contributed by atoms with Gasteiger partial charge >= 0.3 is 0 Å². The van der Waals surface area contributed by atoms with Gasteiger partial charge in [-0.2, -0.15) is 0 Å². The van der Waals surface area contributed by atoms with E-state index in [2.05, 4.69) is 32.0 Å². The highest BCUT2D eigenvalue weighted by Gasteiger charge is 1.98. The molecule has 0 aromatic heterocycles. The fourth-order valence-corrected chi connectivity index (χ4v) is 1.08. The fourth-order valence-electron chi connectivity index (χ4n) is 1.08. The van der Waals surface area contributed by atoms with Crippen LogP contribution in [0.2, 0.25) is 0 Å². The normalized spacial score (nSPS) is 12.9. The Morgan fingerprint density at radius 3 is 2.82 bits per heavy atom. The van der Waals surface area contributed by atoms with Crippen molar-refractivity contribution in [1.29, 1.82) is 0 Å². The first kappa shape index (κ1) is 8.32. The van der Waals surface area contributed by atoms with Crippen molar-refractivity contribution in [2.75, 3.05) is 0 Å². The highest BCUT2D eigenvalue weighted by Crippen LogP contribution is 2.09. The molecule has 0 N–H and O–H groups in total. The minimum atomic E-state index is 0.786. The molecule has 0 fully saturated rings. The van der Waals surface area contributed by atoms with Crippen molar-refractivity contribution in [3.05, 3.63) is 35.9 Å². The monoisotopic (exact) mass is 147 g/mol. The van der Waals surface area contributed by atoms with Gasteiger partial charge in [-0.25, -0.2) is 0 Å². The smallest absolute Gasteiger partial charge is 0.0149 e. The Bertz CT molecular complexity index is 188. The molecule has 0 saturated heterocycles. The molecule has 1 aromatic carbocycles. The van der Waals surface area contributed by atoms with Crippen LogP contribution in [0, 0.1) is 12.0 Å². The van der Waals surface area contributed by atoms with E-state index in [4.69, 9.17) is 0 Å². The van der Waals surface area contributed by atoms with Gasteiger partial charge in [-0.15, -0.1) is 0 Å². The summed E-state index contributed by atoms with van der Waals surface area (Å²) in [6, 6.07) is 11.5. The van der Waals surface area contributed by atoms with E-state index >= 15 is 0 Å². The van der Waals surface area contributed by atoms with Crippen molar-refractivity contribution in [2.24, 2.45) is 5.92 Å². The molecule has 0 bridgehead atoms. The SMILES string of the molecule is CCC(C)Cc1[c]cccc1. The Hall–Kier alpha value is -0.780. The third-order valence-electron chi connectivity index (χ3n) is 2.04. The van der Waals surface area contributed by atoms with Gasteiger partial charge < -0.3 is 0 Å². The number of rotatable bonds is 3. The van der Waals surface area contributed by atoms with Gasteiger partial charge in [0.25, 0.3) is 0 Å². The molecule has 0 saturated carbocycles. The minimum absolute atomic E-state index is 0.786. The zero-order chi connectivity index (χ0) is 8.10. The number of hydrogen-bond donors (Lipinski definition) is 0. The summed E-state index contributed by atoms with van der Waals surface area (Å²) in [5, 5.41) is 0. The lowest BCUT2D eigenvalue weighted by molar-refractivity contribution is 0.560. The molecule has 1 radical (unpaired) electrons. The summed E-state index contributed by atoms with van der Waals surface area (Å²) in [4.78, 5) is 0. The highest BCUT2D eigenvalue weighted by atomic mass is 14.0. The van der Waals surface area contributed by atoms with Gasteiger partial charge in [0, 0.05) is 0 Å². The molecule has 0 aliphatic rings. The molecule has 59 valence electrons. The van der Waals surface area contributed by atoms with Crippen LogP contribution in [0.3, 0.4) is 0 Å². The fraction of sp³-hybridized carbons (Fsp3) is 0.455. The Labute approximate surface area is 69.3 Å². The van der Waals surface area contributed by atoms with Crippen LogP contribution in [-0.2, 0) is 6.42 Å². The maximum Gasteiger partial charge on any atom is -0.0149 e. The van der Waals surface area contributed by atoms with Crippen molar-refractivity contribution in [1.82, 2.24) is 0 Å². The largest absolute Gasteiger partial charge is 0.0651 e. The molecule has 0 spiro atoms. The molecule has 0 nitrogen and oxygen atoms in total. The molecule has 0 aliphatic carbocycles. The van der Waals surface area contributed by atoms with Crippen molar-refractivity contribution in [3.8, 4) is 0 Å².